The third kappa shape index (κ3) is 3.94. The van der Waals surface area contributed by atoms with Gasteiger partial charge < -0.3 is 19.7 Å². The molecule has 0 saturated carbocycles. The van der Waals surface area contributed by atoms with Crippen LogP contribution in [0.2, 0.25) is 0 Å². The number of nitrogens with one attached hydrogen (secondary N) is 1. The van der Waals surface area contributed by atoms with Gasteiger partial charge in [0.15, 0.2) is 5.78 Å². The molecule has 40 heavy (non-hydrogen) atoms. The van der Waals surface area contributed by atoms with Crippen LogP contribution in [0, 0.1) is 0 Å². The summed E-state index contributed by atoms with van der Waals surface area (Å²) in [5, 5.41) is 3.57. The summed E-state index contributed by atoms with van der Waals surface area (Å²) < 4.78 is 46.2. The lowest BCUT2D eigenvalue weighted by Gasteiger charge is -2.32. The third-order valence-electron chi connectivity index (χ3n) is 8.14. The SMILES string of the molecule is O=C1CNC(c2cn3c4c(cc(C(F)(F)F)cc24)CN(C(=O)N2CCCCC2)CC3)=C1c1cnc2ccccn12. The quantitative estimate of drug-likeness (QED) is 0.392. The van der Waals surface area contributed by atoms with Gasteiger partial charge in [0.25, 0.3) is 0 Å². The van der Waals surface area contributed by atoms with Crippen LogP contribution in [0.1, 0.15) is 41.6 Å². The number of amides is 2. The number of alkyl halides is 3. The normalized spacial score (nSPS) is 18.1. The molecule has 206 valence electrons. The van der Waals surface area contributed by atoms with Gasteiger partial charge in [-0.3, -0.25) is 9.20 Å². The summed E-state index contributed by atoms with van der Waals surface area (Å²) in [5.41, 5.74) is 3.00. The minimum Gasteiger partial charge on any atom is -0.376 e. The Hall–Kier alpha value is -4.28. The Labute approximate surface area is 227 Å². The second-order valence-corrected chi connectivity index (χ2v) is 10.6. The number of hydrogen-bond acceptors (Lipinski definition) is 4. The highest BCUT2D eigenvalue weighted by atomic mass is 19.4. The maximum atomic E-state index is 14.2. The zero-order chi connectivity index (χ0) is 27.6. The predicted octanol–water partition coefficient (Wildman–Crippen LogP) is 4.77. The molecule has 0 radical (unpaired) electrons. The Morgan fingerprint density at radius 1 is 1.00 bits per heavy atom. The van der Waals surface area contributed by atoms with Gasteiger partial charge in [-0.2, -0.15) is 13.2 Å². The number of benzene rings is 1. The number of hydrogen-bond donors (Lipinski definition) is 1. The Morgan fingerprint density at radius 3 is 2.62 bits per heavy atom. The Balaban J connectivity index is 1.39. The fraction of sp³-hybridized carbons (Fsp3) is 0.345. The number of pyridine rings is 1. The molecule has 6 heterocycles. The van der Waals surface area contributed by atoms with Gasteiger partial charge in [0.05, 0.1) is 40.8 Å². The number of Topliss-reactive ketones (excluding diaryl/α,β-unsaturated/α-hetero) is 1. The van der Waals surface area contributed by atoms with Crippen LogP contribution in [0.3, 0.4) is 0 Å². The van der Waals surface area contributed by atoms with Gasteiger partial charge in [-0.1, -0.05) is 6.07 Å². The lowest BCUT2D eigenvalue weighted by molar-refractivity contribution is -0.137. The van der Waals surface area contributed by atoms with Crippen molar-refractivity contribution in [2.75, 3.05) is 26.2 Å². The molecule has 0 atom stereocenters. The van der Waals surface area contributed by atoms with E-state index in [1.807, 2.05) is 35.2 Å². The van der Waals surface area contributed by atoms with Crippen molar-refractivity contribution >= 4 is 39.6 Å². The van der Waals surface area contributed by atoms with E-state index in [4.69, 9.17) is 0 Å². The van der Waals surface area contributed by atoms with E-state index in [1.165, 1.54) is 0 Å². The summed E-state index contributed by atoms with van der Waals surface area (Å²) in [4.78, 5) is 34.4. The minimum absolute atomic E-state index is 0.0430. The molecule has 3 aromatic heterocycles. The number of piperidine rings is 1. The monoisotopic (exact) mass is 548 g/mol. The Bertz CT molecular complexity index is 1710. The Morgan fingerprint density at radius 2 is 1.82 bits per heavy atom. The van der Waals surface area contributed by atoms with Gasteiger partial charge in [0.1, 0.15) is 5.65 Å². The summed E-state index contributed by atoms with van der Waals surface area (Å²) in [6.45, 7) is 2.28. The lowest BCUT2D eigenvalue weighted by atomic mass is 9.99. The van der Waals surface area contributed by atoms with Crippen molar-refractivity contribution in [3.05, 3.63) is 71.3 Å². The first-order valence-electron chi connectivity index (χ1n) is 13.5. The van der Waals surface area contributed by atoms with E-state index in [1.54, 1.807) is 20.4 Å². The van der Waals surface area contributed by atoms with E-state index in [0.29, 0.717) is 70.8 Å². The van der Waals surface area contributed by atoms with Crippen molar-refractivity contribution < 1.29 is 22.8 Å². The van der Waals surface area contributed by atoms with Crippen molar-refractivity contribution in [1.29, 1.82) is 0 Å². The summed E-state index contributed by atoms with van der Waals surface area (Å²) in [6.07, 6.45) is 3.62. The molecule has 7 rings (SSSR count). The van der Waals surface area contributed by atoms with Crippen LogP contribution in [-0.4, -0.2) is 61.7 Å². The molecule has 2 amide bonds. The number of nitrogens with zero attached hydrogens (tertiary/aromatic N) is 5. The van der Waals surface area contributed by atoms with Gasteiger partial charge in [0.2, 0.25) is 0 Å². The molecular weight excluding hydrogens is 521 g/mol. The number of aromatic nitrogens is 3. The molecule has 0 unspecified atom stereocenters. The summed E-state index contributed by atoms with van der Waals surface area (Å²) in [6, 6.07) is 7.71. The standard InChI is InChI=1S/C29H27F3N6O2/c30-29(31,32)19-12-18-16-37(28(40)35-7-3-1-4-8-35)11-10-36-17-21(20(13-19)27(18)36)26-25(23(39)15-34-26)22-14-33-24-6-2-5-9-38(22)24/h2,5-6,9,12-14,17,34H,1,3-4,7-8,10-11,15-16H2. The van der Waals surface area contributed by atoms with Gasteiger partial charge in [0, 0.05) is 56.1 Å². The Kier molecular flexibility index (Phi) is 5.65. The number of ketones is 1. The topological polar surface area (TPSA) is 74.9 Å². The number of urea groups is 1. The zero-order valence-electron chi connectivity index (χ0n) is 21.7. The van der Waals surface area contributed by atoms with Crippen LogP contribution >= 0.6 is 0 Å². The number of fused-ring (bicyclic) bond motifs is 1. The summed E-state index contributed by atoms with van der Waals surface area (Å²) in [5.74, 6) is -0.154. The molecule has 0 spiro atoms. The maximum Gasteiger partial charge on any atom is 0.416 e. The van der Waals surface area contributed by atoms with Crippen LogP contribution < -0.4 is 5.32 Å². The van der Waals surface area contributed by atoms with E-state index < -0.39 is 11.7 Å². The van der Waals surface area contributed by atoms with Gasteiger partial charge >= 0.3 is 12.2 Å². The van der Waals surface area contributed by atoms with Crippen LogP contribution in [-0.2, 0) is 24.1 Å². The average Bonchev–Trinajstić information content (AvgIpc) is 3.61. The van der Waals surface area contributed by atoms with Crippen LogP contribution in [0.4, 0.5) is 18.0 Å². The lowest BCUT2D eigenvalue weighted by Crippen LogP contribution is -2.45. The number of likely N-dealkylation sites (tertiary alicyclic amines) is 1. The molecule has 1 aromatic carbocycles. The van der Waals surface area contributed by atoms with Crippen LogP contribution in [0.15, 0.2) is 48.9 Å². The zero-order valence-corrected chi connectivity index (χ0v) is 21.7. The molecule has 3 aliphatic heterocycles. The fourth-order valence-electron chi connectivity index (χ4n) is 6.25. The number of carbonyl (C=O) groups is 2. The van der Waals surface area contributed by atoms with Gasteiger partial charge in [-0.15, -0.1) is 0 Å². The highest BCUT2D eigenvalue weighted by Gasteiger charge is 2.36. The molecule has 1 fully saturated rings. The smallest absolute Gasteiger partial charge is 0.376 e. The van der Waals surface area contributed by atoms with E-state index in [0.717, 1.165) is 31.4 Å². The third-order valence-corrected chi connectivity index (χ3v) is 8.14. The van der Waals surface area contributed by atoms with Crippen molar-refractivity contribution in [2.45, 2.75) is 38.5 Å². The molecule has 3 aliphatic rings. The molecule has 4 aromatic rings. The summed E-state index contributed by atoms with van der Waals surface area (Å²) >= 11 is 0. The molecule has 8 nitrogen and oxygen atoms in total. The first-order valence-corrected chi connectivity index (χ1v) is 13.5. The van der Waals surface area contributed by atoms with Crippen LogP contribution in [0.25, 0.3) is 27.8 Å². The van der Waals surface area contributed by atoms with Crippen molar-refractivity contribution in [2.24, 2.45) is 0 Å². The first-order chi connectivity index (χ1) is 19.3. The largest absolute Gasteiger partial charge is 0.416 e. The van der Waals surface area contributed by atoms with Crippen LogP contribution in [0.5, 0.6) is 0 Å². The number of rotatable bonds is 2. The first kappa shape index (κ1) is 24.7. The van der Waals surface area contributed by atoms with E-state index in [9.17, 15) is 22.8 Å². The molecule has 0 aliphatic carbocycles. The van der Waals surface area contributed by atoms with E-state index >= 15 is 0 Å². The fourth-order valence-corrected chi connectivity index (χ4v) is 6.25. The molecular formula is C29H27F3N6O2. The molecule has 1 N–H and O–H groups in total. The molecule has 1 saturated heterocycles. The molecule has 11 heteroatoms. The highest BCUT2D eigenvalue weighted by molar-refractivity contribution is 6.32. The number of halogens is 3. The van der Waals surface area contributed by atoms with Gasteiger partial charge in [-0.25, -0.2) is 9.78 Å². The minimum atomic E-state index is -4.57. The number of carbonyl (C=O) groups excluding carboxylic acids is 2. The van der Waals surface area contributed by atoms with Crippen molar-refractivity contribution in [3.63, 3.8) is 0 Å². The maximum absolute atomic E-state index is 14.2. The van der Waals surface area contributed by atoms with Gasteiger partial charge in [-0.05, 0) is 49.1 Å². The molecule has 0 bridgehead atoms. The number of imidazole rings is 1. The second kappa shape index (κ2) is 9.14. The van der Waals surface area contributed by atoms with E-state index in [-0.39, 0.29) is 24.9 Å². The van der Waals surface area contributed by atoms with Crippen molar-refractivity contribution in [1.82, 2.24) is 29.1 Å². The van der Waals surface area contributed by atoms with Crippen molar-refractivity contribution in [3.8, 4) is 0 Å². The highest BCUT2D eigenvalue weighted by Crippen LogP contribution is 2.40. The summed E-state index contributed by atoms with van der Waals surface area (Å²) in [7, 11) is 0. The second-order valence-electron chi connectivity index (χ2n) is 10.6. The predicted molar refractivity (Wildman–Crippen MR) is 143 cm³/mol. The van der Waals surface area contributed by atoms with E-state index in [2.05, 4.69) is 10.3 Å². The average molecular weight is 549 g/mol.